The first-order valence-electron chi connectivity index (χ1n) is 8.01. The van der Waals surface area contributed by atoms with Gasteiger partial charge in [-0.1, -0.05) is 42.5 Å². The number of carbonyl (C=O) groups is 1. The minimum Gasteiger partial charge on any atom is -0.322 e. The molecule has 3 aromatic carbocycles. The van der Waals surface area contributed by atoms with Gasteiger partial charge in [-0.2, -0.15) is 0 Å². The molecule has 0 aliphatic rings. The van der Waals surface area contributed by atoms with Crippen LogP contribution in [0.15, 0.2) is 83.8 Å². The summed E-state index contributed by atoms with van der Waals surface area (Å²) in [6.07, 6.45) is 0. The fourth-order valence-electron chi connectivity index (χ4n) is 2.42. The molecule has 0 saturated carbocycles. The molecule has 132 valence electrons. The van der Waals surface area contributed by atoms with E-state index in [-0.39, 0.29) is 16.4 Å². The number of hydrogen-bond donors (Lipinski definition) is 2. The first-order valence-corrected chi connectivity index (χ1v) is 9.49. The van der Waals surface area contributed by atoms with Crippen LogP contribution in [0.2, 0.25) is 0 Å². The number of benzene rings is 3. The zero-order valence-electron chi connectivity index (χ0n) is 14.1. The maximum Gasteiger partial charge on any atom is 0.261 e. The third-order valence-electron chi connectivity index (χ3n) is 3.83. The molecule has 0 aromatic heterocycles. The first kappa shape index (κ1) is 17.7. The Bertz CT molecular complexity index is 1030. The van der Waals surface area contributed by atoms with Crippen molar-refractivity contribution in [2.45, 2.75) is 11.8 Å². The number of amides is 1. The number of para-hydroxylation sites is 2. The summed E-state index contributed by atoms with van der Waals surface area (Å²) in [4.78, 5) is 12.4. The van der Waals surface area contributed by atoms with Gasteiger partial charge in [-0.25, -0.2) is 8.42 Å². The number of nitrogens with one attached hydrogen (secondary N) is 2. The van der Waals surface area contributed by atoms with Gasteiger partial charge in [0.25, 0.3) is 15.9 Å². The molecule has 3 aromatic rings. The Hall–Kier alpha value is -3.12. The minimum atomic E-state index is -3.79. The Kier molecular flexibility index (Phi) is 5.04. The monoisotopic (exact) mass is 366 g/mol. The average molecular weight is 366 g/mol. The second-order valence-electron chi connectivity index (χ2n) is 5.77. The predicted molar refractivity (Wildman–Crippen MR) is 103 cm³/mol. The summed E-state index contributed by atoms with van der Waals surface area (Å²) in [5.41, 5.74) is 2.23. The number of sulfonamides is 1. The van der Waals surface area contributed by atoms with Gasteiger partial charge in [-0.05, 0) is 48.9 Å². The van der Waals surface area contributed by atoms with Crippen LogP contribution in [0.5, 0.6) is 0 Å². The molecule has 0 aliphatic carbocycles. The fourth-order valence-corrected chi connectivity index (χ4v) is 3.60. The van der Waals surface area contributed by atoms with Crippen molar-refractivity contribution in [2.24, 2.45) is 0 Å². The minimum absolute atomic E-state index is 0.0291. The molecule has 0 unspecified atom stereocenters. The molecule has 0 radical (unpaired) electrons. The van der Waals surface area contributed by atoms with Crippen LogP contribution in [0.4, 0.5) is 11.4 Å². The van der Waals surface area contributed by atoms with Crippen LogP contribution in [0.3, 0.4) is 0 Å². The lowest BCUT2D eigenvalue weighted by Crippen LogP contribution is -2.16. The first-order chi connectivity index (χ1) is 12.5. The van der Waals surface area contributed by atoms with Crippen LogP contribution in [-0.2, 0) is 10.0 Å². The molecule has 0 fully saturated rings. The largest absolute Gasteiger partial charge is 0.322 e. The molecule has 0 atom stereocenters. The molecule has 1 amide bonds. The molecule has 0 aliphatic heterocycles. The normalized spacial score (nSPS) is 11.0. The zero-order chi connectivity index (χ0) is 18.6. The molecular formula is C20H18N2O3S. The van der Waals surface area contributed by atoms with E-state index in [1.54, 1.807) is 36.4 Å². The van der Waals surface area contributed by atoms with Crippen molar-refractivity contribution in [1.29, 1.82) is 0 Å². The Labute approximate surface area is 152 Å². The topological polar surface area (TPSA) is 75.3 Å². The van der Waals surface area contributed by atoms with Gasteiger partial charge in [0.2, 0.25) is 0 Å². The maximum atomic E-state index is 12.6. The van der Waals surface area contributed by atoms with Gasteiger partial charge >= 0.3 is 0 Å². The Morgan fingerprint density at radius 3 is 2.27 bits per heavy atom. The van der Waals surface area contributed by atoms with Crippen LogP contribution in [0.25, 0.3) is 0 Å². The predicted octanol–water partition coefficient (Wildman–Crippen LogP) is 4.05. The van der Waals surface area contributed by atoms with Crippen LogP contribution >= 0.6 is 0 Å². The van der Waals surface area contributed by atoms with Crippen LogP contribution in [0, 0.1) is 6.92 Å². The summed E-state index contributed by atoms with van der Waals surface area (Å²) in [7, 11) is -3.79. The number of rotatable bonds is 5. The lowest BCUT2D eigenvalue weighted by Gasteiger charge is -2.11. The molecule has 2 N–H and O–H groups in total. The van der Waals surface area contributed by atoms with Gasteiger partial charge in [0.1, 0.15) is 0 Å². The van der Waals surface area contributed by atoms with Gasteiger partial charge < -0.3 is 5.32 Å². The molecule has 5 nitrogen and oxygen atoms in total. The highest BCUT2D eigenvalue weighted by Crippen LogP contribution is 2.20. The van der Waals surface area contributed by atoms with Crippen molar-refractivity contribution < 1.29 is 13.2 Å². The third-order valence-corrected chi connectivity index (χ3v) is 5.19. The number of carbonyl (C=O) groups excluding carboxylic acids is 1. The summed E-state index contributed by atoms with van der Waals surface area (Å²) in [5.74, 6) is -0.371. The fraction of sp³-hybridized carbons (Fsp3) is 0.0500. The summed E-state index contributed by atoms with van der Waals surface area (Å²) in [6.45, 7) is 1.82. The van der Waals surface area contributed by atoms with E-state index in [2.05, 4.69) is 10.0 Å². The van der Waals surface area contributed by atoms with Crippen LogP contribution in [-0.4, -0.2) is 14.3 Å². The van der Waals surface area contributed by atoms with E-state index < -0.39 is 10.0 Å². The smallest absolute Gasteiger partial charge is 0.261 e. The Morgan fingerprint density at radius 2 is 1.54 bits per heavy atom. The number of aryl methyl sites for hydroxylation is 1. The number of hydrogen-bond acceptors (Lipinski definition) is 3. The highest BCUT2D eigenvalue weighted by Gasteiger charge is 2.17. The second-order valence-corrected chi connectivity index (χ2v) is 7.45. The molecule has 3 rings (SSSR count). The molecular weight excluding hydrogens is 348 g/mol. The summed E-state index contributed by atoms with van der Waals surface area (Å²) >= 11 is 0. The van der Waals surface area contributed by atoms with Crippen molar-refractivity contribution in [1.82, 2.24) is 0 Å². The van der Waals surface area contributed by atoms with E-state index in [1.165, 1.54) is 12.1 Å². The SMILES string of the molecule is Cc1ccccc1NS(=O)(=O)c1cccc(C(=O)Nc2ccccc2)c1. The summed E-state index contributed by atoms with van der Waals surface area (Å²) < 4.78 is 27.8. The van der Waals surface area contributed by atoms with E-state index >= 15 is 0 Å². The van der Waals surface area contributed by atoms with Crippen molar-refractivity contribution >= 4 is 27.3 Å². The molecule has 0 bridgehead atoms. The zero-order valence-corrected chi connectivity index (χ0v) is 15.0. The third kappa shape index (κ3) is 4.10. The van der Waals surface area contributed by atoms with Crippen molar-refractivity contribution in [3.05, 3.63) is 90.0 Å². The average Bonchev–Trinajstić information content (AvgIpc) is 2.64. The molecule has 0 spiro atoms. The summed E-state index contributed by atoms with van der Waals surface area (Å²) in [6, 6.07) is 22.0. The van der Waals surface area contributed by atoms with Crippen molar-refractivity contribution in [3.63, 3.8) is 0 Å². The van der Waals surface area contributed by atoms with Gasteiger partial charge in [-0.15, -0.1) is 0 Å². The van der Waals surface area contributed by atoms with E-state index in [9.17, 15) is 13.2 Å². The molecule has 0 heterocycles. The summed E-state index contributed by atoms with van der Waals surface area (Å²) in [5, 5.41) is 2.74. The van der Waals surface area contributed by atoms with E-state index in [0.29, 0.717) is 11.4 Å². The maximum absolute atomic E-state index is 12.6. The number of anilines is 2. The highest BCUT2D eigenvalue weighted by atomic mass is 32.2. The lowest BCUT2D eigenvalue weighted by molar-refractivity contribution is 0.102. The second kappa shape index (κ2) is 7.41. The van der Waals surface area contributed by atoms with Gasteiger partial charge in [0.05, 0.1) is 10.6 Å². The highest BCUT2D eigenvalue weighted by molar-refractivity contribution is 7.92. The Balaban J connectivity index is 1.84. The van der Waals surface area contributed by atoms with Crippen molar-refractivity contribution in [2.75, 3.05) is 10.0 Å². The molecule has 26 heavy (non-hydrogen) atoms. The lowest BCUT2D eigenvalue weighted by atomic mass is 10.2. The van der Waals surface area contributed by atoms with Gasteiger partial charge in [0, 0.05) is 11.3 Å². The molecule has 6 heteroatoms. The Morgan fingerprint density at radius 1 is 0.846 bits per heavy atom. The van der Waals surface area contributed by atoms with E-state index in [4.69, 9.17) is 0 Å². The standard InChI is InChI=1S/C20H18N2O3S/c1-15-8-5-6-13-19(15)22-26(24,25)18-12-7-9-16(14-18)20(23)21-17-10-3-2-4-11-17/h2-14,22H,1H3,(H,21,23). The van der Waals surface area contributed by atoms with Gasteiger partial charge in [0.15, 0.2) is 0 Å². The molecule has 0 saturated heterocycles. The van der Waals surface area contributed by atoms with Crippen LogP contribution in [0.1, 0.15) is 15.9 Å². The van der Waals surface area contributed by atoms with Crippen LogP contribution < -0.4 is 10.0 Å². The van der Waals surface area contributed by atoms with Gasteiger partial charge in [-0.3, -0.25) is 9.52 Å². The van der Waals surface area contributed by atoms with E-state index in [0.717, 1.165) is 5.56 Å². The van der Waals surface area contributed by atoms with Crippen molar-refractivity contribution in [3.8, 4) is 0 Å². The quantitative estimate of drug-likeness (QED) is 0.715. The van der Waals surface area contributed by atoms with E-state index in [1.807, 2.05) is 37.3 Å².